The summed E-state index contributed by atoms with van der Waals surface area (Å²) in [5.41, 5.74) is 3.42. The van der Waals surface area contributed by atoms with Gasteiger partial charge in [0.15, 0.2) is 0 Å². The molecule has 0 atom stereocenters. The lowest BCUT2D eigenvalue weighted by atomic mass is 10.1. The van der Waals surface area contributed by atoms with Gasteiger partial charge in [0.1, 0.15) is 11.6 Å². The normalized spacial score (nSPS) is 10.6. The minimum Gasteiger partial charge on any atom is -0.370 e. The van der Waals surface area contributed by atoms with Gasteiger partial charge in [-0.25, -0.2) is 9.97 Å². The number of nitrogens with zero attached hydrogens (tertiary/aromatic N) is 3. The van der Waals surface area contributed by atoms with Crippen molar-refractivity contribution < 1.29 is 0 Å². The highest BCUT2D eigenvalue weighted by molar-refractivity contribution is 5.46. The number of pyridine rings is 1. The molecule has 0 saturated carbocycles. The SMILES string of the molecule is CCCNc1nc(Cc2cccnc2)nc(CC)c1C. The Labute approximate surface area is 120 Å². The van der Waals surface area contributed by atoms with Crippen LogP contribution in [-0.2, 0) is 12.8 Å². The largest absolute Gasteiger partial charge is 0.370 e. The molecular formula is C16H22N4. The van der Waals surface area contributed by atoms with Crippen LogP contribution in [0.1, 0.15) is 42.9 Å². The van der Waals surface area contributed by atoms with Crippen molar-refractivity contribution >= 4 is 5.82 Å². The zero-order chi connectivity index (χ0) is 14.4. The van der Waals surface area contributed by atoms with Crippen LogP contribution in [0.3, 0.4) is 0 Å². The highest BCUT2D eigenvalue weighted by Crippen LogP contribution is 2.17. The first-order chi connectivity index (χ1) is 9.74. The van der Waals surface area contributed by atoms with Crippen LogP contribution in [0.2, 0.25) is 0 Å². The Hall–Kier alpha value is -1.97. The molecule has 0 aromatic carbocycles. The van der Waals surface area contributed by atoms with E-state index in [4.69, 9.17) is 0 Å². The summed E-state index contributed by atoms with van der Waals surface area (Å²) >= 11 is 0. The monoisotopic (exact) mass is 270 g/mol. The fourth-order valence-electron chi connectivity index (χ4n) is 2.14. The van der Waals surface area contributed by atoms with Gasteiger partial charge in [0.25, 0.3) is 0 Å². The number of hydrogen-bond acceptors (Lipinski definition) is 4. The summed E-state index contributed by atoms with van der Waals surface area (Å²) in [5.74, 6) is 1.83. The molecule has 20 heavy (non-hydrogen) atoms. The van der Waals surface area contributed by atoms with Gasteiger partial charge in [-0.05, 0) is 31.4 Å². The lowest BCUT2D eigenvalue weighted by Gasteiger charge is -2.13. The van der Waals surface area contributed by atoms with Gasteiger partial charge in [-0.3, -0.25) is 4.98 Å². The summed E-state index contributed by atoms with van der Waals surface area (Å²) in [6, 6.07) is 4.00. The van der Waals surface area contributed by atoms with Crippen molar-refractivity contribution in [3.8, 4) is 0 Å². The first-order valence-corrected chi connectivity index (χ1v) is 7.23. The van der Waals surface area contributed by atoms with E-state index in [1.54, 1.807) is 6.20 Å². The smallest absolute Gasteiger partial charge is 0.135 e. The van der Waals surface area contributed by atoms with Gasteiger partial charge >= 0.3 is 0 Å². The third-order valence-electron chi connectivity index (χ3n) is 3.26. The van der Waals surface area contributed by atoms with E-state index in [-0.39, 0.29) is 0 Å². The Kier molecular flexibility index (Phi) is 5.04. The molecule has 0 unspecified atom stereocenters. The molecule has 2 aromatic rings. The maximum atomic E-state index is 4.68. The van der Waals surface area contributed by atoms with Gasteiger partial charge in [0, 0.05) is 36.6 Å². The molecule has 0 saturated heterocycles. The van der Waals surface area contributed by atoms with Crippen molar-refractivity contribution in [2.45, 2.75) is 40.0 Å². The van der Waals surface area contributed by atoms with Crippen molar-refractivity contribution in [1.82, 2.24) is 15.0 Å². The summed E-state index contributed by atoms with van der Waals surface area (Å²) in [4.78, 5) is 13.5. The fraction of sp³-hybridized carbons (Fsp3) is 0.438. The summed E-state index contributed by atoms with van der Waals surface area (Å²) in [6.45, 7) is 7.31. The van der Waals surface area contributed by atoms with E-state index in [1.165, 1.54) is 0 Å². The van der Waals surface area contributed by atoms with Gasteiger partial charge < -0.3 is 5.32 Å². The first-order valence-electron chi connectivity index (χ1n) is 7.23. The Morgan fingerprint density at radius 1 is 1.20 bits per heavy atom. The van der Waals surface area contributed by atoms with Crippen LogP contribution in [0.5, 0.6) is 0 Å². The second-order valence-corrected chi connectivity index (χ2v) is 4.88. The predicted octanol–water partition coefficient (Wildman–Crippen LogP) is 3.16. The number of aromatic nitrogens is 3. The van der Waals surface area contributed by atoms with E-state index in [2.05, 4.69) is 47.1 Å². The summed E-state index contributed by atoms with van der Waals surface area (Å²) in [5, 5.41) is 3.40. The van der Waals surface area contributed by atoms with E-state index in [9.17, 15) is 0 Å². The second-order valence-electron chi connectivity index (χ2n) is 4.88. The number of nitrogens with one attached hydrogen (secondary N) is 1. The molecule has 4 nitrogen and oxygen atoms in total. The summed E-state index contributed by atoms with van der Waals surface area (Å²) in [6.07, 6.45) is 6.39. The quantitative estimate of drug-likeness (QED) is 0.876. The zero-order valence-corrected chi connectivity index (χ0v) is 12.5. The minimum atomic E-state index is 0.724. The Balaban J connectivity index is 2.28. The molecule has 1 N–H and O–H groups in total. The van der Waals surface area contributed by atoms with Crippen molar-refractivity contribution in [1.29, 1.82) is 0 Å². The number of aryl methyl sites for hydroxylation is 1. The van der Waals surface area contributed by atoms with Gasteiger partial charge in [-0.1, -0.05) is 19.9 Å². The number of anilines is 1. The molecule has 0 aliphatic heterocycles. The molecule has 0 aliphatic rings. The van der Waals surface area contributed by atoms with Crippen LogP contribution in [0.25, 0.3) is 0 Å². The second kappa shape index (κ2) is 6.98. The van der Waals surface area contributed by atoms with Crippen LogP contribution in [0.15, 0.2) is 24.5 Å². The highest BCUT2D eigenvalue weighted by Gasteiger charge is 2.10. The van der Waals surface area contributed by atoms with E-state index < -0.39 is 0 Å². The molecule has 0 aliphatic carbocycles. The van der Waals surface area contributed by atoms with Crippen molar-refractivity contribution in [2.24, 2.45) is 0 Å². The molecule has 2 aromatic heterocycles. The van der Waals surface area contributed by atoms with E-state index in [0.29, 0.717) is 0 Å². The molecule has 4 heteroatoms. The average Bonchev–Trinajstić information content (AvgIpc) is 2.48. The highest BCUT2D eigenvalue weighted by atomic mass is 15.0. The molecular weight excluding hydrogens is 248 g/mol. The maximum absolute atomic E-state index is 4.68. The topological polar surface area (TPSA) is 50.7 Å². The molecule has 0 amide bonds. The first kappa shape index (κ1) is 14.4. The average molecular weight is 270 g/mol. The summed E-state index contributed by atoms with van der Waals surface area (Å²) in [7, 11) is 0. The van der Waals surface area contributed by atoms with Gasteiger partial charge in [0.05, 0.1) is 0 Å². The van der Waals surface area contributed by atoms with Crippen LogP contribution in [-0.4, -0.2) is 21.5 Å². The Morgan fingerprint density at radius 3 is 2.70 bits per heavy atom. The number of hydrogen-bond donors (Lipinski definition) is 1. The van der Waals surface area contributed by atoms with Gasteiger partial charge in [0.2, 0.25) is 0 Å². The van der Waals surface area contributed by atoms with E-state index in [0.717, 1.165) is 54.3 Å². The van der Waals surface area contributed by atoms with E-state index in [1.807, 2.05) is 12.3 Å². The molecule has 0 spiro atoms. The lowest BCUT2D eigenvalue weighted by molar-refractivity contribution is 0.875. The third kappa shape index (κ3) is 3.53. The lowest BCUT2D eigenvalue weighted by Crippen LogP contribution is -2.10. The van der Waals surface area contributed by atoms with Crippen LogP contribution < -0.4 is 5.32 Å². The summed E-state index contributed by atoms with van der Waals surface area (Å²) < 4.78 is 0. The standard InChI is InChI=1S/C16H22N4/c1-4-8-18-16-12(3)14(5-2)19-15(20-16)10-13-7-6-9-17-11-13/h6-7,9,11H,4-5,8,10H2,1-3H3,(H,18,19,20). The Bertz CT molecular complexity index is 552. The molecule has 0 fully saturated rings. The predicted molar refractivity (Wildman–Crippen MR) is 82.0 cm³/mol. The fourth-order valence-corrected chi connectivity index (χ4v) is 2.14. The molecule has 106 valence electrons. The van der Waals surface area contributed by atoms with E-state index >= 15 is 0 Å². The third-order valence-corrected chi connectivity index (χ3v) is 3.26. The molecule has 0 radical (unpaired) electrons. The number of rotatable bonds is 6. The van der Waals surface area contributed by atoms with Crippen LogP contribution >= 0.6 is 0 Å². The van der Waals surface area contributed by atoms with Gasteiger partial charge in [-0.15, -0.1) is 0 Å². The van der Waals surface area contributed by atoms with Crippen molar-refractivity contribution in [2.75, 3.05) is 11.9 Å². The maximum Gasteiger partial charge on any atom is 0.135 e. The minimum absolute atomic E-state index is 0.724. The van der Waals surface area contributed by atoms with Crippen molar-refractivity contribution in [3.05, 3.63) is 47.2 Å². The zero-order valence-electron chi connectivity index (χ0n) is 12.5. The molecule has 2 heterocycles. The molecule has 0 bridgehead atoms. The van der Waals surface area contributed by atoms with Gasteiger partial charge in [-0.2, -0.15) is 0 Å². The Morgan fingerprint density at radius 2 is 2.05 bits per heavy atom. The van der Waals surface area contributed by atoms with Crippen molar-refractivity contribution in [3.63, 3.8) is 0 Å². The van der Waals surface area contributed by atoms with Crippen LogP contribution in [0.4, 0.5) is 5.82 Å². The molecule has 2 rings (SSSR count). The van der Waals surface area contributed by atoms with Crippen LogP contribution in [0, 0.1) is 6.92 Å².